The summed E-state index contributed by atoms with van der Waals surface area (Å²) in [6, 6.07) is 5.87. The molecule has 0 unspecified atom stereocenters. The molecule has 96 valence electrons. The molecule has 0 N–H and O–H groups in total. The molecular formula is C14H20N4. The van der Waals surface area contributed by atoms with Gasteiger partial charge in [-0.3, -0.25) is 4.90 Å². The largest absolute Gasteiger partial charge is 0.353 e. The molecule has 1 aliphatic rings. The Bertz CT molecular complexity index is 428. The summed E-state index contributed by atoms with van der Waals surface area (Å²) in [5.74, 6) is 1.55. The van der Waals surface area contributed by atoms with E-state index in [9.17, 15) is 0 Å². The van der Waals surface area contributed by atoms with Crippen LogP contribution < -0.4 is 4.90 Å². The minimum Gasteiger partial charge on any atom is -0.353 e. The Morgan fingerprint density at radius 3 is 2.67 bits per heavy atom. The van der Waals surface area contributed by atoms with Crippen LogP contribution in [0.2, 0.25) is 0 Å². The fraction of sp³-hybridized carbons (Fsp3) is 0.571. The van der Waals surface area contributed by atoms with Crippen molar-refractivity contribution in [2.75, 3.05) is 37.6 Å². The number of pyridine rings is 1. The Balaban J connectivity index is 1.99. The Kier molecular flexibility index (Phi) is 4.16. The molecule has 2 heterocycles. The van der Waals surface area contributed by atoms with Crippen molar-refractivity contribution in [3.8, 4) is 6.07 Å². The van der Waals surface area contributed by atoms with E-state index in [1.807, 2.05) is 12.1 Å². The minimum absolute atomic E-state index is 0.676. The van der Waals surface area contributed by atoms with Crippen LogP contribution >= 0.6 is 0 Å². The van der Waals surface area contributed by atoms with Crippen molar-refractivity contribution in [2.24, 2.45) is 5.92 Å². The summed E-state index contributed by atoms with van der Waals surface area (Å²) in [7, 11) is 0. The molecule has 1 aromatic rings. The Morgan fingerprint density at radius 2 is 2.06 bits per heavy atom. The molecule has 4 heteroatoms. The summed E-state index contributed by atoms with van der Waals surface area (Å²) in [6.45, 7) is 9.68. The zero-order chi connectivity index (χ0) is 13.0. The molecule has 0 bridgehead atoms. The predicted molar refractivity (Wildman–Crippen MR) is 72.4 cm³/mol. The van der Waals surface area contributed by atoms with Crippen LogP contribution in [-0.4, -0.2) is 42.6 Å². The molecule has 1 fully saturated rings. The van der Waals surface area contributed by atoms with Crippen molar-refractivity contribution in [3.63, 3.8) is 0 Å². The Morgan fingerprint density at radius 1 is 1.33 bits per heavy atom. The molecule has 0 spiro atoms. The van der Waals surface area contributed by atoms with E-state index in [0.29, 0.717) is 11.5 Å². The molecule has 18 heavy (non-hydrogen) atoms. The Hall–Kier alpha value is -1.60. The van der Waals surface area contributed by atoms with Crippen LogP contribution in [0.3, 0.4) is 0 Å². The van der Waals surface area contributed by atoms with Crippen LogP contribution in [0.5, 0.6) is 0 Å². The third-order valence-electron chi connectivity index (χ3n) is 3.20. The van der Waals surface area contributed by atoms with Crippen molar-refractivity contribution in [3.05, 3.63) is 23.9 Å². The number of aromatic nitrogens is 1. The SMILES string of the molecule is CC(C)CN1CCN(c2ncccc2C#N)CC1. The number of hydrogen-bond donors (Lipinski definition) is 0. The van der Waals surface area contributed by atoms with Crippen LogP contribution in [0.15, 0.2) is 18.3 Å². The molecular weight excluding hydrogens is 224 g/mol. The van der Waals surface area contributed by atoms with Gasteiger partial charge in [-0.2, -0.15) is 5.26 Å². The average Bonchev–Trinajstić information content (AvgIpc) is 2.39. The van der Waals surface area contributed by atoms with Crippen LogP contribution in [-0.2, 0) is 0 Å². The maximum absolute atomic E-state index is 9.09. The van der Waals surface area contributed by atoms with Gasteiger partial charge in [-0.15, -0.1) is 0 Å². The van der Waals surface area contributed by atoms with E-state index in [-0.39, 0.29) is 0 Å². The van der Waals surface area contributed by atoms with Crippen LogP contribution in [0.4, 0.5) is 5.82 Å². The first-order valence-electron chi connectivity index (χ1n) is 6.53. The molecule has 2 rings (SSSR count). The van der Waals surface area contributed by atoms with Crippen molar-refractivity contribution in [1.82, 2.24) is 9.88 Å². The third-order valence-corrected chi connectivity index (χ3v) is 3.20. The van der Waals surface area contributed by atoms with Crippen molar-refractivity contribution >= 4 is 5.82 Å². The van der Waals surface area contributed by atoms with E-state index in [4.69, 9.17) is 5.26 Å². The second-order valence-electron chi connectivity index (χ2n) is 5.17. The molecule has 0 aromatic carbocycles. The lowest BCUT2D eigenvalue weighted by Gasteiger charge is -2.36. The van der Waals surface area contributed by atoms with Gasteiger partial charge >= 0.3 is 0 Å². The number of hydrogen-bond acceptors (Lipinski definition) is 4. The van der Waals surface area contributed by atoms with Crippen LogP contribution in [0.1, 0.15) is 19.4 Å². The molecule has 0 amide bonds. The number of rotatable bonds is 3. The molecule has 0 aliphatic carbocycles. The van der Waals surface area contributed by atoms with E-state index in [1.54, 1.807) is 6.20 Å². The quantitative estimate of drug-likeness (QED) is 0.812. The average molecular weight is 244 g/mol. The van der Waals surface area contributed by atoms with Gasteiger partial charge in [0.15, 0.2) is 0 Å². The summed E-state index contributed by atoms with van der Waals surface area (Å²) in [6.07, 6.45) is 1.76. The molecule has 1 aliphatic heterocycles. The first kappa shape index (κ1) is 12.8. The summed E-state index contributed by atoms with van der Waals surface area (Å²) in [5, 5.41) is 9.09. The highest BCUT2D eigenvalue weighted by Gasteiger charge is 2.20. The number of anilines is 1. The topological polar surface area (TPSA) is 43.2 Å². The molecule has 0 saturated carbocycles. The number of piperazine rings is 1. The van der Waals surface area contributed by atoms with E-state index >= 15 is 0 Å². The molecule has 4 nitrogen and oxygen atoms in total. The Labute approximate surface area is 109 Å². The van der Waals surface area contributed by atoms with Gasteiger partial charge in [-0.25, -0.2) is 4.98 Å². The maximum Gasteiger partial charge on any atom is 0.146 e. The lowest BCUT2D eigenvalue weighted by Crippen LogP contribution is -2.47. The van der Waals surface area contributed by atoms with E-state index in [1.165, 1.54) is 0 Å². The van der Waals surface area contributed by atoms with Crippen LogP contribution in [0.25, 0.3) is 0 Å². The fourth-order valence-corrected chi connectivity index (χ4v) is 2.39. The molecule has 1 aromatic heterocycles. The van der Waals surface area contributed by atoms with Gasteiger partial charge in [0.1, 0.15) is 11.9 Å². The highest BCUT2D eigenvalue weighted by molar-refractivity contribution is 5.53. The first-order chi connectivity index (χ1) is 8.70. The van der Waals surface area contributed by atoms with Gasteiger partial charge in [-0.1, -0.05) is 13.8 Å². The van der Waals surface area contributed by atoms with Gasteiger partial charge in [0.05, 0.1) is 5.56 Å². The second kappa shape index (κ2) is 5.83. The summed E-state index contributed by atoms with van der Waals surface area (Å²) in [5.41, 5.74) is 0.676. The summed E-state index contributed by atoms with van der Waals surface area (Å²) < 4.78 is 0. The van der Waals surface area contributed by atoms with Gasteiger partial charge < -0.3 is 4.90 Å². The summed E-state index contributed by atoms with van der Waals surface area (Å²) >= 11 is 0. The van der Waals surface area contributed by atoms with E-state index < -0.39 is 0 Å². The predicted octanol–water partition coefficient (Wildman–Crippen LogP) is 1.73. The fourth-order valence-electron chi connectivity index (χ4n) is 2.39. The minimum atomic E-state index is 0.676. The molecule has 1 saturated heterocycles. The van der Waals surface area contributed by atoms with Crippen LogP contribution in [0, 0.1) is 17.2 Å². The highest BCUT2D eigenvalue weighted by atomic mass is 15.3. The van der Waals surface area contributed by atoms with Crippen molar-refractivity contribution < 1.29 is 0 Å². The third kappa shape index (κ3) is 2.99. The van der Waals surface area contributed by atoms with Gasteiger partial charge in [0.25, 0.3) is 0 Å². The first-order valence-corrected chi connectivity index (χ1v) is 6.53. The van der Waals surface area contributed by atoms with Crippen molar-refractivity contribution in [1.29, 1.82) is 5.26 Å². The number of nitrogens with zero attached hydrogens (tertiary/aromatic N) is 4. The number of nitriles is 1. The lowest BCUT2D eigenvalue weighted by molar-refractivity contribution is 0.231. The molecule has 0 radical (unpaired) electrons. The smallest absolute Gasteiger partial charge is 0.146 e. The monoisotopic (exact) mass is 244 g/mol. The maximum atomic E-state index is 9.09. The van der Waals surface area contributed by atoms with Crippen molar-refractivity contribution in [2.45, 2.75) is 13.8 Å². The zero-order valence-electron chi connectivity index (χ0n) is 11.1. The standard InChI is InChI=1S/C14H20N4/c1-12(2)11-17-6-8-18(9-7-17)14-13(10-15)4-3-5-16-14/h3-5,12H,6-9,11H2,1-2H3. The second-order valence-corrected chi connectivity index (χ2v) is 5.17. The van der Waals surface area contributed by atoms with Gasteiger partial charge in [0.2, 0.25) is 0 Å². The lowest BCUT2D eigenvalue weighted by atomic mass is 10.2. The molecule has 0 atom stereocenters. The van der Waals surface area contributed by atoms with Gasteiger partial charge in [-0.05, 0) is 18.1 Å². The van der Waals surface area contributed by atoms with E-state index in [0.717, 1.165) is 38.5 Å². The van der Waals surface area contributed by atoms with Gasteiger partial charge in [0, 0.05) is 38.9 Å². The highest BCUT2D eigenvalue weighted by Crippen LogP contribution is 2.18. The normalized spacial score (nSPS) is 16.9. The van der Waals surface area contributed by atoms with E-state index in [2.05, 4.69) is 34.7 Å². The zero-order valence-corrected chi connectivity index (χ0v) is 11.1. The summed E-state index contributed by atoms with van der Waals surface area (Å²) in [4.78, 5) is 9.04.